The van der Waals surface area contributed by atoms with E-state index in [2.05, 4.69) is 22.1 Å². The monoisotopic (exact) mass is 282 g/mol. The Morgan fingerprint density at radius 3 is 2.76 bits per heavy atom. The smallest absolute Gasteiger partial charge is 0.268 e. The Labute approximate surface area is 121 Å². The van der Waals surface area contributed by atoms with Crippen LogP contribution in [0.25, 0.3) is 0 Å². The number of pyridine rings is 1. The molecule has 0 aliphatic heterocycles. The number of aromatic amines is 1. The van der Waals surface area contributed by atoms with Gasteiger partial charge in [-0.2, -0.15) is 0 Å². The summed E-state index contributed by atoms with van der Waals surface area (Å²) in [5.41, 5.74) is 1.47. The van der Waals surface area contributed by atoms with E-state index in [9.17, 15) is 9.59 Å². The number of aliphatic hydroxyl groups is 1. The van der Waals surface area contributed by atoms with Crippen molar-refractivity contribution in [2.45, 2.75) is 6.54 Å². The number of amides is 1. The second kappa shape index (κ2) is 7.08. The zero-order valence-electron chi connectivity index (χ0n) is 11.2. The topological polar surface area (TPSA) is 82.2 Å². The zero-order chi connectivity index (χ0) is 15.1. The van der Waals surface area contributed by atoms with Crippen molar-refractivity contribution in [3.63, 3.8) is 0 Å². The number of aromatic nitrogens is 1. The van der Waals surface area contributed by atoms with Crippen LogP contribution in [0, 0.1) is 11.8 Å². The maximum Gasteiger partial charge on any atom is 0.268 e. The predicted molar refractivity (Wildman–Crippen MR) is 78.6 cm³/mol. The summed E-state index contributed by atoms with van der Waals surface area (Å²) in [5.74, 6) is 5.04. The van der Waals surface area contributed by atoms with Gasteiger partial charge in [0.15, 0.2) is 0 Å². The summed E-state index contributed by atoms with van der Waals surface area (Å²) < 4.78 is 0. The first-order valence-corrected chi connectivity index (χ1v) is 6.36. The van der Waals surface area contributed by atoms with Gasteiger partial charge in [-0.05, 0) is 17.7 Å². The van der Waals surface area contributed by atoms with Crippen LogP contribution >= 0.6 is 0 Å². The molecule has 1 aromatic carbocycles. The average molecular weight is 282 g/mol. The van der Waals surface area contributed by atoms with Crippen LogP contribution in [0.2, 0.25) is 0 Å². The minimum Gasteiger partial charge on any atom is -0.384 e. The van der Waals surface area contributed by atoms with Crippen LogP contribution in [-0.4, -0.2) is 22.6 Å². The third-order valence-corrected chi connectivity index (χ3v) is 2.77. The molecule has 0 saturated heterocycles. The number of aliphatic hydroxyl groups excluding tert-OH is 1. The van der Waals surface area contributed by atoms with E-state index in [0.717, 1.165) is 11.1 Å². The van der Waals surface area contributed by atoms with Crippen molar-refractivity contribution in [1.82, 2.24) is 10.3 Å². The summed E-state index contributed by atoms with van der Waals surface area (Å²) in [6.07, 6.45) is 0. The van der Waals surface area contributed by atoms with Crippen molar-refractivity contribution in [2.75, 3.05) is 6.61 Å². The summed E-state index contributed by atoms with van der Waals surface area (Å²) >= 11 is 0. The minimum atomic E-state index is -0.363. The van der Waals surface area contributed by atoms with Crippen LogP contribution in [-0.2, 0) is 6.54 Å². The molecule has 0 saturated carbocycles. The van der Waals surface area contributed by atoms with E-state index >= 15 is 0 Å². The average Bonchev–Trinajstić information content (AvgIpc) is 2.51. The lowest BCUT2D eigenvalue weighted by Crippen LogP contribution is -2.26. The third-order valence-electron chi connectivity index (χ3n) is 2.77. The molecule has 3 N–H and O–H groups in total. The number of carbonyl (C=O) groups excluding carboxylic acids is 1. The molecular weight excluding hydrogens is 268 g/mol. The molecule has 2 rings (SSSR count). The van der Waals surface area contributed by atoms with Gasteiger partial charge >= 0.3 is 0 Å². The van der Waals surface area contributed by atoms with E-state index in [1.165, 1.54) is 18.2 Å². The number of carbonyl (C=O) groups is 1. The van der Waals surface area contributed by atoms with E-state index in [4.69, 9.17) is 5.11 Å². The van der Waals surface area contributed by atoms with E-state index in [1.807, 2.05) is 24.3 Å². The molecule has 0 spiro atoms. The van der Waals surface area contributed by atoms with Crippen molar-refractivity contribution in [2.24, 2.45) is 0 Å². The highest BCUT2D eigenvalue weighted by Crippen LogP contribution is 2.07. The molecule has 0 radical (unpaired) electrons. The molecule has 1 amide bonds. The van der Waals surface area contributed by atoms with Crippen LogP contribution < -0.4 is 10.9 Å². The first-order valence-electron chi connectivity index (χ1n) is 6.36. The molecule has 0 atom stereocenters. The molecule has 0 aliphatic rings. The SMILES string of the molecule is O=C(NCc1ccccc1C#CCO)c1cccc(=O)[nH]1. The summed E-state index contributed by atoms with van der Waals surface area (Å²) in [4.78, 5) is 25.6. The number of nitrogens with one attached hydrogen (secondary N) is 2. The molecule has 21 heavy (non-hydrogen) atoms. The molecule has 5 heteroatoms. The van der Waals surface area contributed by atoms with Gasteiger partial charge in [0.05, 0.1) is 0 Å². The van der Waals surface area contributed by atoms with Crippen molar-refractivity contribution >= 4 is 5.91 Å². The second-order valence-corrected chi connectivity index (χ2v) is 4.23. The first kappa shape index (κ1) is 14.6. The van der Waals surface area contributed by atoms with Gasteiger partial charge in [-0.25, -0.2) is 0 Å². The van der Waals surface area contributed by atoms with Gasteiger partial charge in [-0.15, -0.1) is 0 Å². The Bertz CT molecular complexity index is 754. The predicted octanol–water partition coefficient (Wildman–Crippen LogP) is 0.649. The maximum absolute atomic E-state index is 11.9. The Morgan fingerprint density at radius 2 is 2.00 bits per heavy atom. The van der Waals surface area contributed by atoms with Crippen molar-refractivity contribution in [3.05, 3.63) is 69.6 Å². The van der Waals surface area contributed by atoms with Gasteiger partial charge in [0.1, 0.15) is 12.3 Å². The van der Waals surface area contributed by atoms with Crippen molar-refractivity contribution < 1.29 is 9.90 Å². The zero-order valence-corrected chi connectivity index (χ0v) is 11.2. The Hall–Kier alpha value is -2.84. The summed E-state index contributed by atoms with van der Waals surface area (Å²) in [5, 5.41) is 11.5. The van der Waals surface area contributed by atoms with E-state index in [-0.39, 0.29) is 30.3 Å². The number of rotatable bonds is 3. The van der Waals surface area contributed by atoms with Gasteiger partial charge < -0.3 is 15.4 Å². The van der Waals surface area contributed by atoms with Gasteiger partial charge in [-0.1, -0.05) is 36.1 Å². The highest BCUT2D eigenvalue weighted by atomic mass is 16.2. The van der Waals surface area contributed by atoms with Crippen molar-refractivity contribution in [3.8, 4) is 11.8 Å². The van der Waals surface area contributed by atoms with Gasteiger partial charge in [0.25, 0.3) is 5.91 Å². The molecule has 106 valence electrons. The minimum absolute atomic E-state index is 0.210. The van der Waals surface area contributed by atoms with E-state index in [1.54, 1.807) is 0 Å². The standard InChI is InChI=1S/C16H14N2O3/c19-10-4-7-12-5-1-2-6-13(12)11-17-16(21)14-8-3-9-15(20)18-14/h1-3,5-6,8-9,19H,10-11H2,(H,17,21)(H,18,20). The fourth-order valence-corrected chi connectivity index (χ4v) is 1.78. The quantitative estimate of drug-likeness (QED) is 0.723. The Morgan fingerprint density at radius 1 is 1.19 bits per heavy atom. The molecule has 0 unspecified atom stereocenters. The number of hydrogen-bond donors (Lipinski definition) is 3. The third kappa shape index (κ3) is 4.06. The maximum atomic E-state index is 11.9. The van der Waals surface area contributed by atoms with E-state index < -0.39 is 0 Å². The van der Waals surface area contributed by atoms with Gasteiger partial charge in [0, 0.05) is 18.2 Å². The lowest BCUT2D eigenvalue weighted by molar-refractivity contribution is 0.0945. The molecular formula is C16H14N2O3. The highest BCUT2D eigenvalue weighted by molar-refractivity contribution is 5.92. The summed E-state index contributed by atoms with van der Waals surface area (Å²) in [6, 6.07) is 11.7. The van der Waals surface area contributed by atoms with Gasteiger partial charge in [0.2, 0.25) is 5.56 Å². The summed E-state index contributed by atoms with van der Waals surface area (Å²) in [7, 11) is 0. The fourth-order valence-electron chi connectivity index (χ4n) is 1.78. The lowest BCUT2D eigenvalue weighted by atomic mass is 10.1. The molecule has 2 aromatic rings. The number of benzene rings is 1. The Balaban J connectivity index is 2.10. The summed E-state index contributed by atoms with van der Waals surface area (Å²) in [6.45, 7) is 0.0674. The number of H-pyrrole nitrogens is 1. The van der Waals surface area contributed by atoms with Crippen LogP contribution in [0.1, 0.15) is 21.6 Å². The van der Waals surface area contributed by atoms with Crippen molar-refractivity contribution in [1.29, 1.82) is 0 Å². The van der Waals surface area contributed by atoms with Crippen LogP contribution in [0.5, 0.6) is 0 Å². The second-order valence-electron chi connectivity index (χ2n) is 4.23. The van der Waals surface area contributed by atoms with Crippen LogP contribution in [0.4, 0.5) is 0 Å². The molecule has 5 nitrogen and oxygen atoms in total. The molecule has 1 heterocycles. The van der Waals surface area contributed by atoms with Crippen LogP contribution in [0.3, 0.4) is 0 Å². The molecule has 0 fully saturated rings. The first-order chi connectivity index (χ1) is 10.2. The highest BCUT2D eigenvalue weighted by Gasteiger charge is 2.07. The fraction of sp³-hybridized carbons (Fsp3) is 0.125. The lowest BCUT2D eigenvalue weighted by Gasteiger charge is -2.07. The molecule has 0 bridgehead atoms. The molecule has 1 aromatic heterocycles. The largest absolute Gasteiger partial charge is 0.384 e. The Kier molecular flexibility index (Phi) is 4.91. The number of hydrogen-bond acceptors (Lipinski definition) is 3. The van der Waals surface area contributed by atoms with E-state index in [0.29, 0.717) is 0 Å². The normalized spacial score (nSPS) is 9.57. The molecule has 0 aliphatic carbocycles. The van der Waals surface area contributed by atoms with Gasteiger partial charge in [-0.3, -0.25) is 9.59 Å². The van der Waals surface area contributed by atoms with Crippen LogP contribution in [0.15, 0.2) is 47.3 Å².